The summed E-state index contributed by atoms with van der Waals surface area (Å²) in [6, 6.07) is 13.9. The molecule has 3 amide bonds. The molecular weight excluding hydrogens is 368 g/mol. The second-order valence-electron chi connectivity index (χ2n) is 7.06. The van der Waals surface area contributed by atoms with Crippen LogP contribution in [0.15, 0.2) is 48.5 Å². The first-order valence-corrected chi connectivity index (χ1v) is 9.69. The zero-order valence-corrected chi connectivity index (χ0v) is 17.0. The summed E-state index contributed by atoms with van der Waals surface area (Å²) in [5, 5.41) is 11.4. The Morgan fingerprint density at radius 2 is 1.31 bits per heavy atom. The molecule has 0 saturated carbocycles. The number of hydrogen-bond donors (Lipinski definition) is 4. The first-order chi connectivity index (χ1) is 13.9. The van der Waals surface area contributed by atoms with E-state index >= 15 is 0 Å². The molecule has 0 bridgehead atoms. The van der Waals surface area contributed by atoms with Gasteiger partial charge in [-0.2, -0.15) is 0 Å². The molecule has 0 radical (unpaired) electrons. The van der Waals surface area contributed by atoms with Gasteiger partial charge in [-0.1, -0.05) is 13.8 Å². The van der Waals surface area contributed by atoms with Gasteiger partial charge in [0.05, 0.1) is 6.54 Å². The quantitative estimate of drug-likeness (QED) is 0.521. The van der Waals surface area contributed by atoms with Gasteiger partial charge in [0.2, 0.25) is 11.8 Å². The van der Waals surface area contributed by atoms with Gasteiger partial charge in [0.25, 0.3) is 5.91 Å². The van der Waals surface area contributed by atoms with Crippen molar-refractivity contribution in [1.82, 2.24) is 5.32 Å². The van der Waals surface area contributed by atoms with Crippen LogP contribution >= 0.6 is 0 Å². The van der Waals surface area contributed by atoms with Crippen LogP contribution in [0.4, 0.5) is 17.1 Å². The van der Waals surface area contributed by atoms with Gasteiger partial charge < -0.3 is 21.3 Å². The molecule has 0 atom stereocenters. The van der Waals surface area contributed by atoms with Crippen LogP contribution in [0.25, 0.3) is 0 Å². The molecule has 4 N–H and O–H groups in total. The largest absolute Gasteiger partial charge is 0.376 e. The highest BCUT2D eigenvalue weighted by molar-refractivity contribution is 5.96. The standard InChI is InChI=1S/C22H28N4O3/c1-4-23-22(29)16-5-7-17(8-6-16)24-14-21(28)26-19-11-9-18(10-12-19)25-20(27)13-15(2)3/h5-12,15,24H,4,13-14H2,1-3H3,(H,23,29)(H,25,27)(H,26,28). The summed E-state index contributed by atoms with van der Waals surface area (Å²) in [6.07, 6.45) is 0.467. The third kappa shape index (κ3) is 7.65. The number of benzene rings is 2. The van der Waals surface area contributed by atoms with E-state index in [9.17, 15) is 14.4 Å². The molecule has 0 fully saturated rings. The summed E-state index contributed by atoms with van der Waals surface area (Å²) in [5.41, 5.74) is 2.66. The first kappa shape index (κ1) is 21.9. The second-order valence-corrected chi connectivity index (χ2v) is 7.06. The lowest BCUT2D eigenvalue weighted by molar-refractivity contribution is -0.117. The van der Waals surface area contributed by atoms with Crippen molar-refractivity contribution >= 4 is 34.8 Å². The number of carbonyl (C=O) groups excluding carboxylic acids is 3. The number of rotatable bonds is 9. The molecule has 7 nitrogen and oxygen atoms in total. The zero-order valence-electron chi connectivity index (χ0n) is 17.0. The van der Waals surface area contributed by atoms with Crippen LogP contribution in [0.3, 0.4) is 0 Å². The van der Waals surface area contributed by atoms with E-state index < -0.39 is 0 Å². The number of hydrogen-bond acceptors (Lipinski definition) is 4. The first-order valence-electron chi connectivity index (χ1n) is 9.69. The van der Waals surface area contributed by atoms with Gasteiger partial charge in [0.15, 0.2) is 0 Å². The summed E-state index contributed by atoms with van der Waals surface area (Å²) in [7, 11) is 0. The van der Waals surface area contributed by atoms with Crippen LogP contribution in [-0.4, -0.2) is 30.8 Å². The molecule has 0 spiro atoms. The monoisotopic (exact) mass is 396 g/mol. The smallest absolute Gasteiger partial charge is 0.251 e. The number of carbonyl (C=O) groups is 3. The van der Waals surface area contributed by atoms with E-state index in [0.29, 0.717) is 35.8 Å². The Morgan fingerprint density at radius 3 is 1.83 bits per heavy atom. The Hall–Kier alpha value is -3.35. The summed E-state index contributed by atoms with van der Waals surface area (Å²) in [5.74, 6) is -0.0556. The maximum atomic E-state index is 12.1. The highest BCUT2D eigenvalue weighted by Crippen LogP contribution is 2.15. The van der Waals surface area contributed by atoms with E-state index in [-0.39, 0.29) is 24.3 Å². The maximum absolute atomic E-state index is 12.1. The average Bonchev–Trinajstić information content (AvgIpc) is 2.68. The van der Waals surface area contributed by atoms with E-state index in [0.717, 1.165) is 5.69 Å². The fourth-order valence-corrected chi connectivity index (χ4v) is 2.61. The number of amides is 3. The number of nitrogens with one attached hydrogen (secondary N) is 4. The molecular formula is C22H28N4O3. The van der Waals surface area contributed by atoms with Gasteiger partial charge in [-0.05, 0) is 61.4 Å². The molecule has 2 rings (SSSR count). The van der Waals surface area contributed by atoms with Crippen LogP contribution < -0.4 is 21.3 Å². The Kier molecular flexibility index (Phi) is 8.21. The number of anilines is 3. The van der Waals surface area contributed by atoms with Gasteiger partial charge >= 0.3 is 0 Å². The SMILES string of the molecule is CCNC(=O)c1ccc(NCC(=O)Nc2ccc(NC(=O)CC(C)C)cc2)cc1. The minimum absolute atomic E-state index is 0.0285. The summed E-state index contributed by atoms with van der Waals surface area (Å²) >= 11 is 0. The molecule has 0 unspecified atom stereocenters. The zero-order chi connectivity index (χ0) is 21.2. The van der Waals surface area contributed by atoms with Crippen molar-refractivity contribution in [2.75, 3.05) is 29.0 Å². The highest BCUT2D eigenvalue weighted by Gasteiger charge is 2.07. The fraction of sp³-hybridized carbons (Fsp3) is 0.318. The van der Waals surface area contributed by atoms with Crippen molar-refractivity contribution in [3.05, 3.63) is 54.1 Å². The lowest BCUT2D eigenvalue weighted by atomic mass is 10.1. The fourth-order valence-electron chi connectivity index (χ4n) is 2.61. The van der Waals surface area contributed by atoms with Crippen LogP contribution in [0, 0.1) is 5.92 Å². The molecule has 0 aliphatic heterocycles. The van der Waals surface area contributed by atoms with Gasteiger partial charge in [0, 0.05) is 35.6 Å². The second kappa shape index (κ2) is 10.8. The highest BCUT2D eigenvalue weighted by atomic mass is 16.2. The normalized spacial score (nSPS) is 10.3. The minimum atomic E-state index is -0.200. The predicted molar refractivity (Wildman–Crippen MR) is 116 cm³/mol. The third-order valence-corrected chi connectivity index (χ3v) is 3.98. The molecule has 2 aromatic carbocycles. The van der Waals surface area contributed by atoms with Crippen molar-refractivity contribution in [2.45, 2.75) is 27.2 Å². The topological polar surface area (TPSA) is 99.3 Å². The molecule has 154 valence electrons. The molecule has 29 heavy (non-hydrogen) atoms. The molecule has 0 heterocycles. The maximum Gasteiger partial charge on any atom is 0.251 e. The van der Waals surface area contributed by atoms with Crippen molar-refractivity contribution in [2.24, 2.45) is 5.92 Å². The van der Waals surface area contributed by atoms with Crippen LogP contribution in [0.5, 0.6) is 0 Å². The molecule has 0 aliphatic carbocycles. The predicted octanol–water partition coefficient (Wildman–Crippen LogP) is 3.47. The third-order valence-electron chi connectivity index (χ3n) is 3.98. The van der Waals surface area contributed by atoms with E-state index in [1.165, 1.54) is 0 Å². The van der Waals surface area contributed by atoms with Gasteiger partial charge in [-0.15, -0.1) is 0 Å². The van der Waals surface area contributed by atoms with Crippen molar-refractivity contribution in [3.63, 3.8) is 0 Å². The van der Waals surface area contributed by atoms with E-state index in [4.69, 9.17) is 0 Å². The van der Waals surface area contributed by atoms with Crippen LogP contribution in [0.2, 0.25) is 0 Å². The van der Waals surface area contributed by atoms with E-state index in [2.05, 4.69) is 21.3 Å². The lowest BCUT2D eigenvalue weighted by Crippen LogP contribution is -2.23. The lowest BCUT2D eigenvalue weighted by Gasteiger charge is -2.10. The van der Waals surface area contributed by atoms with Crippen LogP contribution in [0.1, 0.15) is 37.6 Å². The van der Waals surface area contributed by atoms with Crippen molar-refractivity contribution in [3.8, 4) is 0 Å². The molecule has 0 aliphatic rings. The molecule has 7 heteroatoms. The Balaban J connectivity index is 1.80. The minimum Gasteiger partial charge on any atom is -0.376 e. The summed E-state index contributed by atoms with van der Waals surface area (Å²) in [4.78, 5) is 35.6. The van der Waals surface area contributed by atoms with Crippen LogP contribution in [-0.2, 0) is 9.59 Å². The summed E-state index contributed by atoms with van der Waals surface area (Å²) < 4.78 is 0. The molecule has 2 aromatic rings. The van der Waals surface area contributed by atoms with Crippen molar-refractivity contribution < 1.29 is 14.4 Å². The van der Waals surface area contributed by atoms with Gasteiger partial charge in [-0.25, -0.2) is 0 Å². The Bertz CT molecular complexity index is 830. The van der Waals surface area contributed by atoms with Gasteiger partial charge in [0.1, 0.15) is 0 Å². The summed E-state index contributed by atoms with van der Waals surface area (Å²) in [6.45, 7) is 6.51. The Morgan fingerprint density at radius 1 is 0.793 bits per heavy atom. The van der Waals surface area contributed by atoms with E-state index in [1.54, 1.807) is 48.5 Å². The molecule has 0 aromatic heterocycles. The van der Waals surface area contributed by atoms with E-state index in [1.807, 2.05) is 20.8 Å². The van der Waals surface area contributed by atoms with Gasteiger partial charge in [-0.3, -0.25) is 14.4 Å². The average molecular weight is 396 g/mol. The Labute approximate surface area is 171 Å². The van der Waals surface area contributed by atoms with Crippen molar-refractivity contribution in [1.29, 1.82) is 0 Å². The molecule has 0 saturated heterocycles.